The quantitative estimate of drug-likeness (QED) is 0.548. The Kier molecular flexibility index (Phi) is 1.52. The van der Waals surface area contributed by atoms with Gasteiger partial charge in [-0.05, 0) is 12.8 Å². The molecule has 0 aromatic carbocycles. The van der Waals surface area contributed by atoms with Gasteiger partial charge in [0.2, 0.25) is 0 Å². The Labute approximate surface area is 55.2 Å². The van der Waals surface area contributed by atoms with Crippen LogP contribution in [-0.4, -0.2) is 26.0 Å². The third-order valence-electron chi connectivity index (χ3n) is 1.81. The molecule has 0 amide bonds. The van der Waals surface area contributed by atoms with Crippen molar-refractivity contribution in [2.24, 2.45) is 5.73 Å². The van der Waals surface area contributed by atoms with Gasteiger partial charge in [0.05, 0.1) is 5.25 Å². The Morgan fingerprint density at radius 3 is 2.00 bits per heavy atom. The highest BCUT2D eigenvalue weighted by Gasteiger charge is 2.35. The summed E-state index contributed by atoms with van der Waals surface area (Å²) in [5.41, 5.74) is 5.43. The van der Waals surface area contributed by atoms with Gasteiger partial charge in [-0.15, -0.1) is 0 Å². The zero-order chi connectivity index (χ0) is 7.07. The molecule has 2 N–H and O–H groups in total. The summed E-state index contributed by atoms with van der Waals surface area (Å²) in [6, 6.07) is -0.0972. The standard InChI is InChI=1S/C5H11NO2S/c1-9(7,8)5-3-2-4(5)6/h4-5H,2-3,6H2,1H3/t4-,5-/m1/s1. The van der Waals surface area contributed by atoms with Gasteiger partial charge in [-0.1, -0.05) is 0 Å². The van der Waals surface area contributed by atoms with E-state index in [0.717, 1.165) is 12.8 Å². The highest BCUT2D eigenvalue weighted by atomic mass is 32.2. The summed E-state index contributed by atoms with van der Waals surface area (Å²) in [7, 11) is -2.84. The van der Waals surface area contributed by atoms with Gasteiger partial charge in [-0.3, -0.25) is 0 Å². The van der Waals surface area contributed by atoms with E-state index in [-0.39, 0.29) is 11.3 Å². The Morgan fingerprint density at radius 1 is 1.44 bits per heavy atom. The first-order valence-electron chi connectivity index (χ1n) is 2.96. The maximum Gasteiger partial charge on any atom is 0.151 e. The summed E-state index contributed by atoms with van der Waals surface area (Å²) < 4.78 is 21.5. The Morgan fingerprint density at radius 2 is 2.00 bits per heavy atom. The third kappa shape index (κ3) is 1.24. The zero-order valence-corrected chi connectivity index (χ0v) is 6.19. The predicted octanol–water partition coefficient (Wildman–Crippen LogP) is -0.479. The highest BCUT2D eigenvalue weighted by molar-refractivity contribution is 7.91. The normalized spacial score (nSPS) is 35.8. The van der Waals surface area contributed by atoms with Crippen LogP contribution in [0.15, 0.2) is 0 Å². The molecule has 0 aliphatic heterocycles. The van der Waals surface area contributed by atoms with E-state index in [1.807, 2.05) is 0 Å². The molecule has 1 aliphatic carbocycles. The molecule has 0 aromatic rings. The van der Waals surface area contributed by atoms with E-state index in [9.17, 15) is 8.42 Å². The van der Waals surface area contributed by atoms with Gasteiger partial charge in [-0.25, -0.2) is 8.42 Å². The monoisotopic (exact) mass is 149 g/mol. The molecule has 3 nitrogen and oxygen atoms in total. The summed E-state index contributed by atoms with van der Waals surface area (Å²) >= 11 is 0. The third-order valence-corrected chi connectivity index (χ3v) is 3.50. The van der Waals surface area contributed by atoms with Crippen molar-refractivity contribution in [3.8, 4) is 0 Å². The summed E-state index contributed by atoms with van der Waals surface area (Å²) in [6.07, 6.45) is 2.86. The van der Waals surface area contributed by atoms with Crippen LogP contribution >= 0.6 is 0 Å². The second-order valence-corrected chi connectivity index (χ2v) is 4.87. The topological polar surface area (TPSA) is 60.2 Å². The Bertz CT molecular complexity index is 197. The van der Waals surface area contributed by atoms with Crippen LogP contribution in [0.4, 0.5) is 0 Å². The van der Waals surface area contributed by atoms with Crippen LogP contribution in [0, 0.1) is 0 Å². The first kappa shape index (κ1) is 7.02. The zero-order valence-electron chi connectivity index (χ0n) is 5.37. The number of sulfone groups is 1. The minimum absolute atomic E-state index is 0.0972. The Hall–Kier alpha value is -0.0900. The fraction of sp³-hybridized carbons (Fsp3) is 1.00. The van der Waals surface area contributed by atoms with Crippen LogP contribution in [0.1, 0.15) is 12.8 Å². The molecule has 1 fully saturated rings. The van der Waals surface area contributed by atoms with Gasteiger partial charge in [-0.2, -0.15) is 0 Å². The van der Waals surface area contributed by atoms with Crippen molar-refractivity contribution in [1.82, 2.24) is 0 Å². The maximum absolute atomic E-state index is 10.7. The number of hydrogen-bond donors (Lipinski definition) is 1. The van der Waals surface area contributed by atoms with Gasteiger partial charge in [0.1, 0.15) is 0 Å². The van der Waals surface area contributed by atoms with Crippen LogP contribution in [0.3, 0.4) is 0 Å². The van der Waals surface area contributed by atoms with Crippen molar-refractivity contribution in [3.05, 3.63) is 0 Å². The molecule has 0 spiro atoms. The van der Waals surface area contributed by atoms with E-state index in [1.54, 1.807) is 0 Å². The minimum Gasteiger partial charge on any atom is -0.327 e. The van der Waals surface area contributed by atoms with E-state index in [4.69, 9.17) is 5.73 Å². The average molecular weight is 149 g/mol. The largest absolute Gasteiger partial charge is 0.327 e. The molecule has 1 rings (SSSR count). The van der Waals surface area contributed by atoms with Crippen LogP contribution in [-0.2, 0) is 9.84 Å². The van der Waals surface area contributed by atoms with E-state index in [2.05, 4.69) is 0 Å². The van der Waals surface area contributed by atoms with Crippen molar-refractivity contribution < 1.29 is 8.42 Å². The average Bonchev–Trinajstić information content (AvgIpc) is 1.57. The molecule has 54 valence electrons. The SMILES string of the molecule is CS(=O)(=O)[C@@H]1CC[C@H]1N. The van der Waals surface area contributed by atoms with Gasteiger partial charge < -0.3 is 5.73 Å². The van der Waals surface area contributed by atoms with Crippen molar-refractivity contribution in [2.75, 3.05) is 6.26 Å². The lowest BCUT2D eigenvalue weighted by Gasteiger charge is -2.31. The van der Waals surface area contributed by atoms with Crippen molar-refractivity contribution in [1.29, 1.82) is 0 Å². The van der Waals surface area contributed by atoms with Gasteiger partial charge in [0, 0.05) is 12.3 Å². The van der Waals surface area contributed by atoms with E-state index in [1.165, 1.54) is 6.26 Å². The second kappa shape index (κ2) is 1.95. The molecule has 9 heavy (non-hydrogen) atoms. The molecule has 2 atom stereocenters. The van der Waals surface area contributed by atoms with Crippen LogP contribution < -0.4 is 5.73 Å². The van der Waals surface area contributed by atoms with Gasteiger partial charge in [0.25, 0.3) is 0 Å². The predicted molar refractivity (Wildman–Crippen MR) is 35.8 cm³/mol. The van der Waals surface area contributed by atoms with E-state index >= 15 is 0 Å². The molecule has 4 heteroatoms. The molecule has 0 unspecified atom stereocenters. The lowest BCUT2D eigenvalue weighted by atomic mass is 9.93. The molecule has 0 bridgehead atoms. The lowest BCUT2D eigenvalue weighted by molar-refractivity contribution is 0.410. The first-order valence-corrected chi connectivity index (χ1v) is 4.92. The second-order valence-electron chi connectivity index (χ2n) is 2.61. The Balaban J connectivity index is 2.66. The summed E-state index contributed by atoms with van der Waals surface area (Å²) in [5, 5.41) is -0.252. The number of nitrogens with two attached hydrogens (primary N) is 1. The smallest absolute Gasteiger partial charge is 0.151 e. The van der Waals surface area contributed by atoms with Crippen LogP contribution in [0.25, 0.3) is 0 Å². The molecule has 0 saturated heterocycles. The van der Waals surface area contributed by atoms with Crippen molar-refractivity contribution in [3.63, 3.8) is 0 Å². The number of rotatable bonds is 1. The molecular formula is C5H11NO2S. The summed E-state index contributed by atoms with van der Waals surface area (Å²) in [5.74, 6) is 0. The lowest BCUT2D eigenvalue weighted by Crippen LogP contribution is -2.48. The van der Waals surface area contributed by atoms with Gasteiger partial charge >= 0.3 is 0 Å². The maximum atomic E-state index is 10.7. The van der Waals surface area contributed by atoms with Gasteiger partial charge in [0.15, 0.2) is 9.84 Å². The van der Waals surface area contributed by atoms with Crippen molar-refractivity contribution in [2.45, 2.75) is 24.1 Å². The van der Waals surface area contributed by atoms with E-state index < -0.39 is 9.84 Å². The molecule has 1 saturated carbocycles. The van der Waals surface area contributed by atoms with Crippen LogP contribution in [0.5, 0.6) is 0 Å². The fourth-order valence-corrected chi connectivity index (χ4v) is 2.36. The molecular weight excluding hydrogens is 138 g/mol. The molecule has 0 heterocycles. The first-order chi connectivity index (χ1) is 4.02. The summed E-state index contributed by atoms with van der Waals surface area (Å²) in [6.45, 7) is 0. The minimum atomic E-state index is -2.84. The molecule has 0 aromatic heterocycles. The molecule has 0 radical (unpaired) electrons. The number of hydrogen-bond acceptors (Lipinski definition) is 3. The summed E-state index contributed by atoms with van der Waals surface area (Å²) in [4.78, 5) is 0. The van der Waals surface area contributed by atoms with Crippen LogP contribution in [0.2, 0.25) is 0 Å². The molecule has 1 aliphatic rings. The van der Waals surface area contributed by atoms with E-state index in [0.29, 0.717) is 0 Å². The highest BCUT2D eigenvalue weighted by Crippen LogP contribution is 2.24. The fourth-order valence-electron chi connectivity index (χ4n) is 1.03. The van der Waals surface area contributed by atoms with Crippen molar-refractivity contribution >= 4 is 9.84 Å².